The average Bonchev–Trinajstić information content (AvgIpc) is 3.33. The molecular formula is C21H25ClN6O. The van der Waals surface area contributed by atoms with Crippen molar-refractivity contribution in [3.8, 4) is 17.0 Å². The number of halogens is 1. The first-order chi connectivity index (χ1) is 14.0. The fraction of sp³-hybridized carbons (Fsp3) is 0.476. The van der Waals surface area contributed by atoms with E-state index in [0.29, 0.717) is 16.8 Å². The fourth-order valence-corrected chi connectivity index (χ4v) is 4.89. The molecule has 5 rings (SSSR count). The van der Waals surface area contributed by atoms with Crippen LogP contribution < -0.4 is 9.64 Å². The second-order valence-corrected chi connectivity index (χ2v) is 8.58. The summed E-state index contributed by atoms with van der Waals surface area (Å²) < 4.78 is 7.52. The number of methoxy groups -OCH3 is 1. The van der Waals surface area contributed by atoms with Crippen molar-refractivity contribution in [3.05, 3.63) is 35.2 Å². The SMILES string of the molecule is COc1cc(Cl)c(C)cc1-c1cn2cnnc(N3CCC4CCN(C)CC43)c2n1. The van der Waals surface area contributed by atoms with Gasteiger partial charge in [0, 0.05) is 35.9 Å². The molecule has 7 nitrogen and oxygen atoms in total. The third kappa shape index (κ3) is 3.13. The van der Waals surface area contributed by atoms with E-state index in [2.05, 4.69) is 27.0 Å². The van der Waals surface area contributed by atoms with Crippen molar-refractivity contribution in [2.45, 2.75) is 25.8 Å². The lowest BCUT2D eigenvalue weighted by Crippen LogP contribution is -2.47. The summed E-state index contributed by atoms with van der Waals surface area (Å²) in [5.74, 6) is 2.30. The molecule has 2 aliphatic rings. The topological polar surface area (TPSA) is 58.8 Å². The van der Waals surface area contributed by atoms with Crippen LogP contribution >= 0.6 is 11.6 Å². The van der Waals surface area contributed by atoms with Gasteiger partial charge in [-0.25, -0.2) is 4.98 Å². The molecule has 2 unspecified atom stereocenters. The van der Waals surface area contributed by atoms with Gasteiger partial charge in [0.05, 0.1) is 12.8 Å². The molecule has 2 aromatic heterocycles. The zero-order valence-electron chi connectivity index (χ0n) is 17.0. The molecule has 0 spiro atoms. The van der Waals surface area contributed by atoms with E-state index >= 15 is 0 Å². The number of nitrogens with zero attached hydrogens (tertiary/aromatic N) is 6. The molecule has 2 saturated heterocycles. The number of imidazole rings is 1. The second-order valence-electron chi connectivity index (χ2n) is 8.17. The second kappa shape index (κ2) is 7.15. The average molecular weight is 413 g/mol. The Bertz CT molecular complexity index is 1070. The molecule has 0 radical (unpaired) electrons. The van der Waals surface area contributed by atoms with Gasteiger partial charge in [-0.3, -0.25) is 4.40 Å². The molecule has 2 atom stereocenters. The lowest BCUT2D eigenvalue weighted by Gasteiger charge is -2.36. The molecule has 0 amide bonds. The molecule has 2 fully saturated rings. The number of anilines is 1. The van der Waals surface area contributed by atoms with Gasteiger partial charge < -0.3 is 14.5 Å². The van der Waals surface area contributed by atoms with Crippen LogP contribution in [0.15, 0.2) is 24.7 Å². The standard InChI is InChI=1S/C21H25ClN6O/c1-13-8-15(19(29-3)9-16(13)22)17-10-27-12-23-25-21(20(27)24-17)28-7-5-14-4-6-26(2)11-18(14)28/h8-10,12,14,18H,4-7,11H2,1-3H3. The van der Waals surface area contributed by atoms with Crippen LogP contribution in [0.2, 0.25) is 5.02 Å². The van der Waals surface area contributed by atoms with Crippen LogP contribution in [0.5, 0.6) is 5.75 Å². The third-order valence-electron chi connectivity index (χ3n) is 6.36. The van der Waals surface area contributed by atoms with Gasteiger partial charge in [-0.2, -0.15) is 0 Å². The number of rotatable bonds is 3. The van der Waals surface area contributed by atoms with E-state index in [9.17, 15) is 0 Å². The number of likely N-dealkylation sites (N-methyl/N-ethyl adjacent to an activating group) is 1. The van der Waals surface area contributed by atoms with Gasteiger partial charge in [0.2, 0.25) is 0 Å². The van der Waals surface area contributed by atoms with Crippen molar-refractivity contribution >= 4 is 23.1 Å². The predicted molar refractivity (Wildman–Crippen MR) is 114 cm³/mol. The zero-order valence-corrected chi connectivity index (χ0v) is 17.7. The molecule has 152 valence electrons. The van der Waals surface area contributed by atoms with E-state index in [1.807, 2.05) is 29.7 Å². The number of hydrogen-bond donors (Lipinski definition) is 0. The molecular weight excluding hydrogens is 388 g/mol. The number of aryl methyl sites for hydroxylation is 1. The maximum Gasteiger partial charge on any atom is 0.195 e. The Labute approximate surface area is 175 Å². The largest absolute Gasteiger partial charge is 0.496 e. The summed E-state index contributed by atoms with van der Waals surface area (Å²) in [6.07, 6.45) is 6.15. The Morgan fingerprint density at radius 1 is 1.21 bits per heavy atom. The maximum absolute atomic E-state index is 6.28. The maximum atomic E-state index is 6.28. The van der Waals surface area contributed by atoms with Gasteiger partial charge in [0.1, 0.15) is 12.1 Å². The summed E-state index contributed by atoms with van der Waals surface area (Å²) in [7, 11) is 3.85. The lowest BCUT2D eigenvalue weighted by molar-refractivity contribution is 0.208. The van der Waals surface area contributed by atoms with Gasteiger partial charge in [-0.1, -0.05) is 11.6 Å². The monoisotopic (exact) mass is 412 g/mol. The highest BCUT2D eigenvalue weighted by Crippen LogP contribution is 2.37. The number of likely N-dealkylation sites (tertiary alicyclic amines) is 1. The van der Waals surface area contributed by atoms with E-state index < -0.39 is 0 Å². The first-order valence-electron chi connectivity index (χ1n) is 10.0. The van der Waals surface area contributed by atoms with Crippen LogP contribution in [0, 0.1) is 12.8 Å². The van der Waals surface area contributed by atoms with Crippen molar-refractivity contribution < 1.29 is 4.74 Å². The summed E-state index contributed by atoms with van der Waals surface area (Å²) in [5, 5.41) is 9.45. The van der Waals surface area contributed by atoms with E-state index in [1.165, 1.54) is 19.4 Å². The quantitative estimate of drug-likeness (QED) is 0.658. The number of piperidine rings is 1. The first kappa shape index (κ1) is 18.6. The highest BCUT2D eigenvalue weighted by Gasteiger charge is 2.39. The van der Waals surface area contributed by atoms with Gasteiger partial charge >= 0.3 is 0 Å². The van der Waals surface area contributed by atoms with Crippen molar-refractivity contribution in [1.82, 2.24) is 24.5 Å². The number of aromatic nitrogens is 4. The molecule has 29 heavy (non-hydrogen) atoms. The van der Waals surface area contributed by atoms with Crippen LogP contribution in [-0.2, 0) is 0 Å². The van der Waals surface area contributed by atoms with Gasteiger partial charge in [0.25, 0.3) is 0 Å². The Hall–Kier alpha value is -2.38. The molecule has 2 aliphatic heterocycles. The predicted octanol–water partition coefficient (Wildman–Crippen LogP) is 3.29. The minimum atomic E-state index is 0.474. The Morgan fingerprint density at radius 3 is 2.86 bits per heavy atom. The summed E-state index contributed by atoms with van der Waals surface area (Å²) in [6.45, 7) is 5.22. The van der Waals surface area contributed by atoms with E-state index in [-0.39, 0.29) is 0 Å². The van der Waals surface area contributed by atoms with Crippen LogP contribution in [-0.4, -0.2) is 64.3 Å². The van der Waals surface area contributed by atoms with Crippen molar-refractivity contribution in [2.24, 2.45) is 5.92 Å². The summed E-state index contributed by atoms with van der Waals surface area (Å²) in [4.78, 5) is 9.76. The fourth-order valence-electron chi connectivity index (χ4n) is 4.74. The van der Waals surface area contributed by atoms with Gasteiger partial charge in [-0.05, 0) is 57.0 Å². The Balaban J connectivity index is 1.59. The van der Waals surface area contributed by atoms with Crippen LogP contribution in [0.4, 0.5) is 5.82 Å². The van der Waals surface area contributed by atoms with Crippen LogP contribution in [0.3, 0.4) is 0 Å². The van der Waals surface area contributed by atoms with Crippen molar-refractivity contribution in [1.29, 1.82) is 0 Å². The number of hydrogen-bond acceptors (Lipinski definition) is 6. The van der Waals surface area contributed by atoms with Crippen LogP contribution in [0.1, 0.15) is 18.4 Å². The molecule has 1 aromatic carbocycles. The minimum Gasteiger partial charge on any atom is -0.496 e. The van der Waals surface area contributed by atoms with Gasteiger partial charge in [-0.15, -0.1) is 10.2 Å². The molecule has 0 aliphatic carbocycles. The summed E-state index contributed by atoms with van der Waals surface area (Å²) >= 11 is 6.28. The molecule has 0 bridgehead atoms. The molecule has 0 saturated carbocycles. The van der Waals surface area contributed by atoms with Crippen LogP contribution in [0.25, 0.3) is 16.9 Å². The normalized spacial score (nSPS) is 22.3. The van der Waals surface area contributed by atoms with E-state index in [1.54, 1.807) is 13.4 Å². The minimum absolute atomic E-state index is 0.474. The highest BCUT2D eigenvalue weighted by molar-refractivity contribution is 6.31. The molecule has 0 N–H and O–H groups in total. The number of ether oxygens (including phenoxy) is 1. The molecule has 3 aromatic rings. The first-order valence-corrected chi connectivity index (χ1v) is 10.4. The summed E-state index contributed by atoms with van der Waals surface area (Å²) in [6, 6.07) is 4.34. The zero-order chi connectivity index (χ0) is 20.1. The molecule has 8 heteroatoms. The van der Waals surface area contributed by atoms with E-state index in [0.717, 1.165) is 47.3 Å². The highest BCUT2D eigenvalue weighted by atomic mass is 35.5. The van der Waals surface area contributed by atoms with Crippen molar-refractivity contribution in [3.63, 3.8) is 0 Å². The Kier molecular flexibility index (Phi) is 4.59. The third-order valence-corrected chi connectivity index (χ3v) is 6.76. The smallest absolute Gasteiger partial charge is 0.195 e. The van der Waals surface area contributed by atoms with Crippen molar-refractivity contribution in [2.75, 3.05) is 38.7 Å². The molecule has 4 heterocycles. The number of benzene rings is 1. The lowest BCUT2D eigenvalue weighted by atomic mass is 9.92. The Morgan fingerprint density at radius 2 is 2.03 bits per heavy atom. The van der Waals surface area contributed by atoms with Gasteiger partial charge in [0.15, 0.2) is 11.5 Å². The van der Waals surface area contributed by atoms with E-state index in [4.69, 9.17) is 21.3 Å². The summed E-state index contributed by atoms with van der Waals surface area (Å²) in [5.41, 5.74) is 3.57. The number of fused-ring (bicyclic) bond motifs is 2.